The molecule has 0 aliphatic heterocycles. The Bertz CT molecular complexity index is 575. The van der Waals surface area contributed by atoms with Crippen molar-refractivity contribution in [3.8, 4) is 16.2 Å². The molecule has 0 bridgehead atoms. The minimum Gasteiger partial charge on any atom is -0.496 e. The standard InChI is InChI=1S/C14H18N2OS/c1-8-5-11(9(2)10(3)14(8)17-4)12-7-16-13(6-15)18-12/h5,7H,6,15H2,1-4H3. The smallest absolute Gasteiger partial charge is 0.124 e. The van der Waals surface area contributed by atoms with E-state index in [-0.39, 0.29) is 0 Å². The minimum atomic E-state index is 0.498. The Morgan fingerprint density at radius 1 is 1.28 bits per heavy atom. The molecule has 0 radical (unpaired) electrons. The molecule has 1 aromatic carbocycles. The molecule has 2 N–H and O–H groups in total. The minimum absolute atomic E-state index is 0.498. The van der Waals surface area contributed by atoms with Crippen LogP contribution in [-0.2, 0) is 6.54 Å². The highest BCUT2D eigenvalue weighted by Gasteiger charge is 2.13. The first-order chi connectivity index (χ1) is 8.58. The summed E-state index contributed by atoms with van der Waals surface area (Å²) in [4.78, 5) is 5.48. The van der Waals surface area contributed by atoms with Crippen LogP contribution in [0.15, 0.2) is 12.3 Å². The first-order valence-electron chi connectivity index (χ1n) is 5.88. The molecule has 1 heterocycles. The van der Waals surface area contributed by atoms with Crippen molar-refractivity contribution in [2.24, 2.45) is 5.73 Å². The van der Waals surface area contributed by atoms with E-state index in [0.717, 1.165) is 16.3 Å². The summed E-state index contributed by atoms with van der Waals surface area (Å²) in [6, 6.07) is 2.16. The molecule has 2 aromatic rings. The number of nitrogens with two attached hydrogens (primary N) is 1. The molecule has 0 spiro atoms. The fraction of sp³-hybridized carbons (Fsp3) is 0.357. The highest BCUT2D eigenvalue weighted by atomic mass is 32.1. The molecule has 0 saturated heterocycles. The lowest BCUT2D eigenvalue weighted by Gasteiger charge is -2.14. The van der Waals surface area contributed by atoms with Crippen LogP contribution in [0.4, 0.5) is 0 Å². The molecule has 0 amide bonds. The number of thiazole rings is 1. The number of nitrogens with zero attached hydrogens (tertiary/aromatic N) is 1. The lowest BCUT2D eigenvalue weighted by atomic mass is 9.98. The summed E-state index contributed by atoms with van der Waals surface area (Å²) < 4.78 is 5.44. The van der Waals surface area contributed by atoms with Crippen LogP contribution >= 0.6 is 11.3 Å². The Kier molecular flexibility index (Phi) is 3.68. The molecule has 0 atom stereocenters. The van der Waals surface area contributed by atoms with Crippen molar-refractivity contribution >= 4 is 11.3 Å². The number of methoxy groups -OCH3 is 1. The van der Waals surface area contributed by atoms with Gasteiger partial charge in [-0.25, -0.2) is 4.98 Å². The van der Waals surface area contributed by atoms with Crippen molar-refractivity contribution in [1.29, 1.82) is 0 Å². The van der Waals surface area contributed by atoms with Crippen LogP contribution in [0.1, 0.15) is 21.7 Å². The number of hydrogen-bond acceptors (Lipinski definition) is 4. The van der Waals surface area contributed by atoms with Gasteiger partial charge in [0.25, 0.3) is 0 Å². The molecule has 4 heteroatoms. The molecule has 0 saturated carbocycles. The summed E-state index contributed by atoms with van der Waals surface area (Å²) in [7, 11) is 1.72. The van der Waals surface area contributed by atoms with Crippen molar-refractivity contribution in [1.82, 2.24) is 4.98 Å². The SMILES string of the molecule is COc1c(C)cc(-c2cnc(CN)s2)c(C)c1C. The van der Waals surface area contributed by atoms with Crippen molar-refractivity contribution in [3.63, 3.8) is 0 Å². The van der Waals surface area contributed by atoms with E-state index in [1.807, 2.05) is 6.20 Å². The van der Waals surface area contributed by atoms with Crippen molar-refractivity contribution in [2.45, 2.75) is 27.3 Å². The van der Waals surface area contributed by atoms with E-state index in [1.54, 1.807) is 18.4 Å². The van der Waals surface area contributed by atoms with Crippen molar-refractivity contribution < 1.29 is 4.74 Å². The lowest BCUT2D eigenvalue weighted by molar-refractivity contribution is 0.408. The molecule has 0 unspecified atom stereocenters. The van der Waals surface area contributed by atoms with Gasteiger partial charge in [-0.3, -0.25) is 0 Å². The summed E-state index contributed by atoms with van der Waals surface area (Å²) in [5.41, 5.74) is 10.4. The zero-order valence-corrected chi connectivity index (χ0v) is 12.0. The second-order valence-electron chi connectivity index (χ2n) is 4.35. The maximum absolute atomic E-state index is 5.61. The third-order valence-electron chi connectivity index (χ3n) is 3.22. The first-order valence-corrected chi connectivity index (χ1v) is 6.70. The van der Waals surface area contributed by atoms with Gasteiger partial charge in [-0.05, 0) is 49.1 Å². The van der Waals surface area contributed by atoms with Gasteiger partial charge < -0.3 is 10.5 Å². The van der Waals surface area contributed by atoms with E-state index >= 15 is 0 Å². The molecule has 1 aromatic heterocycles. The summed E-state index contributed by atoms with van der Waals surface area (Å²) in [5.74, 6) is 0.972. The van der Waals surface area contributed by atoms with Crippen LogP contribution in [0.5, 0.6) is 5.75 Å². The van der Waals surface area contributed by atoms with E-state index in [9.17, 15) is 0 Å². The maximum atomic E-state index is 5.61. The molecule has 0 aliphatic rings. The third kappa shape index (κ3) is 2.13. The predicted molar refractivity (Wildman–Crippen MR) is 76.2 cm³/mol. The quantitative estimate of drug-likeness (QED) is 0.924. The number of aromatic nitrogens is 1. The normalized spacial score (nSPS) is 10.7. The van der Waals surface area contributed by atoms with Gasteiger partial charge in [-0.2, -0.15) is 0 Å². The topological polar surface area (TPSA) is 48.1 Å². The Labute approximate surface area is 112 Å². The van der Waals surface area contributed by atoms with Crippen LogP contribution in [0.25, 0.3) is 10.4 Å². The van der Waals surface area contributed by atoms with Crippen LogP contribution in [0.2, 0.25) is 0 Å². The van der Waals surface area contributed by atoms with Crippen LogP contribution in [0, 0.1) is 20.8 Å². The predicted octanol–water partition coefficient (Wildman–Crippen LogP) is 3.20. The zero-order valence-electron chi connectivity index (χ0n) is 11.2. The van der Waals surface area contributed by atoms with E-state index < -0.39 is 0 Å². The van der Waals surface area contributed by atoms with Crippen molar-refractivity contribution in [2.75, 3.05) is 7.11 Å². The van der Waals surface area contributed by atoms with E-state index in [2.05, 4.69) is 31.8 Å². The van der Waals surface area contributed by atoms with Crippen LogP contribution in [-0.4, -0.2) is 12.1 Å². The van der Waals surface area contributed by atoms with Gasteiger partial charge in [0.15, 0.2) is 0 Å². The maximum Gasteiger partial charge on any atom is 0.124 e. The summed E-state index contributed by atoms with van der Waals surface area (Å²) in [6.45, 7) is 6.78. The second kappa shape index (κ2) is 5.08. The van der Waals surface area contributed by atoms with Gasteiger partial charge in [0, 0.05) is 12.7 Å². The fourth-order valence-electron chi connectivity index (χ4n) is 2.16. The number of hydrogen-bond donors (Lipinski definition) is 1. The van der Waals surface area contributed by atoms with Gasteiger partial charge in [0.05, 0.1) is 12.0 Å². The molecular weight excluding hydrogens is 244 g/mol. The van der Waals surface area contributed by atoms with Gasteiger partial charge in [0.2, 0.25) is 0 Å². The zero-order chi connectivity index (χ0) is 13.3. The summed E-state index contributed by atoms with van der Waals surface area (Å²) in [5, 5.41) is 0.968. The molecule has 18 heavy (non-hydrogen) atoms. The number of aryl methyl sites for hydroxylation is 1. The second-order valence-corrected chi connectivity index (χ2v) is 5.46. The summed E-state index contributed by atoms with van der Waals surface area (Å²) >= 11 is 1.65. The lowest BCUT2D eigenvalue weighted by Crippen LogP contribution is -1.95. The van der Waals surface area contributed by atoms with Gasteiger partial charge in [-0.1, -0.05) is 0 Å². The average Bonchev–Trinajstić information content (AvgIpc) is 2.83. The number of ether oxygens (including phenoxy) is 1. The van der Waals surface area contributed by atoms with E-state index in [4.69, 9.17) is 10.5 Å². The fourth-order valence-corrected chi connectivity index (χ4v) is 3.03. The van der Waals surface area contributed by atoms with Gasteiger partial charge in [0.1, 0.15) is 10.8 Å². The Morgan fingerprint density at radius 3 is 2.56 bits per heavy atom. The molecule has 0 fully saturated rings. The van der Waals surface area contributed by atoms with Gasteiger partial charge in [-0.15, -0.1) is 11.3 Å². The number of rotatable bonds is 3. The summed E-state index contributed by atoms with van der Waals surface area (Å²) in [6.07, 6.45) is 1.90. The van der Waals surface area contributed by atoms with E-state index in [0.29, 0.717) is 6.54 Å². The third-order valence-corrected chi connectivity index (χ3v) is 4.28. The average molecular weight is 262 g/mol. The molecular formula is C14H18N2OS. The highest BCUT2D eigenvalue weighted by molar-refractivity contribution is 7.15. The molecule has 2 rings (SSSR count). The monoisotopic (exact) mass is 262 g/mol. The molecule has 96 valence electrons. The molecule has 3 nitrogen and oxygen atoms in total. The Hall–Kier alpha value is -1.39. The Balaban J connectivity index is 2.58. The largest absolute Gasteiger partial charge is 0.496 e. The highest BCUT2D eigenvalue weighted by Crippen LogP contribution is 2.36. The van der Waals surface area contributed by atoms with Gasteiger partial charge >= 0.3 is 0 Å². The van der Waals surface area contributed by atoms with E-state index in [1.165, 1.54) is 21.6 Å². The number of benzene rings is 1. The van der Waals surface area contributed by atoms with Crippen molar-refractivity contribution in [3.05, 3.63) is 34.0 Å². The molecule has 0 aliphatic carbocycles. The van der Waals surface area contributed by atoms with Crippen LogP contribution < -0.4 is 10.5 Å². The Morgan fingerprint density at radius 2 is 2.00 bits per heavy atom. The first kappa shape index (κ1) is 13.1. The van der Waals surface area contributed by atoms with Crippen LogP contribution in [0.3, 0.4) is 0 Å².